The van der Waals surface area contributed by atoms with Crippen LogP contribution in [0.15, 0.2) is 75.9 Å². The normalized spacial score (nSPS) is 10.4. The van der Waals surface area contributed by atoms with Crippen LogP contribution in [0.3, 0.4) is 0 Å². The first-order chi connectivity index (χ1) is 11.7. The highest BCUT2D eigenvalue weighted by atomic mass is 16.5. The van der Waals surface area contributed by atoms with Crippen molar-refractivity contribution in [2.75, 3.05) is 6.61 Å². The van der Waals surface area contributed by atoms with Crippen LogP contribution in [0, 0.1) is 0 Å². The van der Waals surface area contributed by atoms with Crippen molar-refractivity contribution in [3.8, 4) is 22.3 Å². The van der Waals surface area contributed by atoms with E-state index < -0.39 is 11.6 Å². The molecule has 120 valence electrons. The fourth-order valence-electron chi connectivity index (χ4n) is 2.52. The summed E-state index contributed by atoms with van der Waals surface area (Å²) in [5, 5.41) is 0. The summed E-state index contributed by atoms with van der Waals surface area (Å²) < 4.78 is 10.2. The van der Waals surface area contributed by atoms with Crippen molar-refractivity contribution in [1.29, 1.82) is 0 Å². The van der Waals surface area contributed by atoms with Crippen molar-refractivity contribution >= 4 is 5.97 Å². The van der Waals surface area contributed by atoms with Crippen LogP contribution in [0.4, 0.5) is 0 Å². The van der Waals surface area contributed by atoms with E-state index in [1.165, 1.54) is 0 Å². The number of carbonyl (C=O) groups is 1. The van der Waals surface area contributed by atoms with E-state index in [0.29, 0.717) is 11.1 Å². The molecule has 24 heavy (non-hydrogen) atoms. The van der Waals surface area contributed by atoms with Crippen LogP contribution in [0.25, 0.3) is 22.3 Å². The lowest BCUT2D eigenvalue weighted by molar-refractivity contribution is 0.0485. The third kappa shape index (κ3) is 3.13. The van der Waals surface area contributed by atoms with Crippen molar-refractivity contribution in [3.63, 3.8) is 0 Å². The lowest BCUT2D eigenvalue weighted by atomic mass is 9.96. The third-order valence-corrected chi connectivity index (χ3v) is 3.58. The van der Waals surface area contributed by atoms with Crippen LogP contribution in [0.5, 0.6) is 0 Å². The number of hydrogen-bond donors (Lipinski definition) is 0. The van der Waals surface area contributed by atoms with Crippen LogP contribution < -0.4 is 5.63 Å². The van der Waals surface area contributed by atoms with E-state index in [-0.39, 0.29) is 12.4 Å². The summed E-state index contributed by atoms with van der Waals surface area (Å²) in [6.07, 6.45) is 0. The Morgan fingerprint density at radius 1 is 0.958 bits per heavy atom. The van der Waals surface area contributed by atoms with Crippen molar-refractivity contribution in [2.45, 2.75) is 6.92 Å². The monoisotopic (exact) mass is 320 g/mol. The van der Waals surface area contributed by atoms with Crippen molar-refractivity contribution < 1.29 is 13.9 Å². The van der Waals surface area contributed by atoms with Crippen molar-refractivity contribution in [2.24, 2.45) is 0 Å². The Morgan fingerprint density at radius 2 is 1.54 bits per heavy atom. The van der Waals surface area contributed by atoms with Gasteiger partial charge in [-0.25, -0.2) is 9.59 Å². The number of benzene rings is 2. The Kier molecular flexibility index (Phi) is 4.57. The molecule has 2 aromatic carbocycles. The standard InChI is InChI=1S/C20H16O4/c1-2-23-19(21)17-13-16(14-9-5-3-6-10-14)18(20(22)24-17)15-11-7-4-8-12-15/h3-13H,2H2,1H3. The van der Waals surface area contributed by atoms with Crippen LogP contribution in [0.1, 0.15) is 17.5 Å². The molecule has 0 saturated heterocycles. The highest BCUT2D eigenvalue weighted by molar-refractivity contribution is 5.91. The van der Waals surface area contributed by atoms with Gasteiger partial charge in [0.05, 0.1) is 12.2 Å². The largest absolute Gasteiger partial charge is 0.460 e. The zero-order valence-electron chi connectivity index (χ0n) is 13.2. The molecule has 0 unspecified atom stereocenters. The summed E-state index contributed by atoms with van der Waals surface area (Å²) >= 11 is 0. The zero-order chi connectivity index (χ0) is 16.9. The fourth-order valence-corrected chi connectivity index (χ4v) is 2.52. The molecule has 4 heteroatoms. The average molecular weight is 320 g/mol. The first-order valence-electron chi connectivity index (χ1n) is 7.67. The first-order valence-corrected chi connectivity index (χ1v) is 7.67. The molecule has 0 spiro atoms. The van der Waals surface area contributed by atoms with Crippen LogP contribution in [-0.2, 0) is 4.74 Å². The Hall–Kier alpha value is -3.14. The highest BCUT2D eigenvalue weighted by Crippen LogP contribution is 2.30. The van der Waals surface area contributed by atoms with E-state index in [2.05, 4.69) is 0 Å². The zero-order valence-corrected chi connectivity index (χ0v) is 13.2. The maximum atomic E-state index is 12.6. The molecule has 1 heterocycles. The van der Waals surface area contributed by atoms with Gasteiger partial charge in [0.15, 0.2) is 0 Å². The number of esters is 1. The summed E-state index contributed by atoms with van der Waals surface area (Å²) in [5.41, 5.74) is 2.07. The molecule has 0 saturated carbocycles. The van der Waals surface area contributed by atoms with Gasteiger partial charge in [0, 0.05) is 5.56 Å². The predicted molar refractivity (Wildman–Crippen MR) is 91.8 cm³/mol. The van der Waals surface area contributed by atoms with Gasteiger partial charge in [0.1, 0.15) is 0 Å². The minimum Gasteiger partial charge on any atom is -0.460 e. The molecule has 0 aliphatic carbocycles. The van der Waals surface area contributed by atoms with Gasteiger partial charge in [0.25, 0.3) is 0 Å². The maximum absolute atomic E-state index is 12.6. The average Bonchev–Trinajstić information content (AvgIpc) is 2.62. The quantitative estimate of drug-likeness (QED) is 0.678. The van der Waals surface area contributed by atoms with E-state index in [4.69, 9.17) is 9.15 Å². The number of ether oxygens (including phenoxy) is 1. The molecule has 0 bridgehead atoms. The molecule has 0 aliphatic heterocycles. The summed E-state index contributed by atoms with van der Waals surface area (Å²) in [5.74, 6) is -0.744. The van der Waals surface area contributed by atoms with Crippen LogP contribution in [0.2, 0.25) is 0 Å². The summed E-state index contributed by atoms with van der Waals surface area (Å²) in [4.78, 5) is 24.5. The van der Waals surface area contributed by atoms with Gasteiger partial charge in [0.2, 0.25) is 5.76 Å². The molecule has 4 nitrogen and oxygen atoms in total. The highest BCUT2D eigenvalue weighted by Gasteiger charge is 2.19. The molecule has 0 atom stereocenters. The molecule has 0 radical (unpaired) electrons. The maximum Gasteiger partial charge on any atom is 0.374 e. The second-order valence-corrected chi connectivity index (χ2v) is 5.14. The molecule has 1 aromatic heterocycles. The molecule has 3 rings (SSSR count). The van der Waals surface area contributed by atoms with Crippen LogP contribution >= 0.6 is 0 Å². The minimum atomic E-state index is -0.647. The Labute approximate surface area is 139 Å². The van der Waals surface area contributed by atoms with Gasteiger partial charge in [-0.15, -0.1) is 0 Å². The van der Waals surface area contributed by atoms with E-state index in [0.717, 1.165) is 11.1 Å². The second kappa shape index (κ2) is 6.96. The van der Waals surface area contributed by atoms with Gasteiger partial charge >= 0.3 is 11.6 Å². The first kappa shape index (κ1) is 15.7. The van der Waals surface area contributed by atoms with Gasteiger partial charge in [-0.05, 0) is 24.1 Å². The molecule has 0 aliphatic rings. The Morgan fingerprint density at radius 3 is 2.12 bits per heavy atom. The van der Waals surface area contributed by atoms with Gasteiger partial charge in [-0.3, -0.25) is 0 Å². The smallest absolute Gasteiger partial charge is 0.374 e. The summed E-state index contributed by atoms with van der Waals surface area (Å²) in [6.45, 7) is 1.91. The molecular formula is C20H16O4. The number of carbonyl (C=O) groups excluding carboxylic acids is 1. The topological polar surface area (TPSA) is 56.5 Å². The fraction of sp³-hybridized carbons (Fsp3) is 0.100. The van der Waals surface area contributed by atoms with Crippen LogP contribution in [-0.4, -0.2) is 12.6 Å². The predicted octanol–water partition coefficient (Wildman–Crippen LogP) is 4.15. The van der Waals surface area contributed by atoms with Crippen molar-refractivity contribution in [1.82, 2.24) is 0 Å². The summed E-state index contributed by atoms with van der Waals surface area (Å²) in [6, 6.07) is 20.2. The Bertz CT molecular complexity index is 896. The number of hydrogen-bond acceptors (Lipinski definition) is 4. The van der Waals surface area contributed by atoms with E-state index in [9.17, 15) is 9.59 Å². The third-order valence-electron chi connectivity index (χ3n) is 3.58. The number of rotatable bonds is 4. The van der Waals surface area contributed by atoms with Gasteiger partial charge in [-0.2, -0.15) is 0 Å². The minimum absolute atomic E-state index is 0.0969. The van der Waals surface area contributed by atoms with E-state index in [1.54, 1.807) is 13.0 Å². The van der Waals surface area contributed by atoms with E-state index >= 15 is 0 Å². The van der Waals surface area contributed by atoms with Gasteiger partial charge in [-0.1, -0.05) is 60.7 Å². The molecule has 0 fully saturated rings. The SMILES string of the molecule is CCOC(=O)c1cc(-c2ccccc2)c(-c2ccccc2)c(=O)o1. The summed E-state index contributed by atoms with van der Waals surface area (Å²) in [7, 11) is 0. The van der Waals surface area contributed by atoms with Gasteiger partial charge < -0.3 is 9.15 Å². The molecule has 0 amide bonds. The molecule has 3 aromatic rings. The Balaban J connectivity index is 2.25. The second-order valence-electron chi connectivity index (χ2n) is 5.14. The molecular weight excluding hydrogens is 304 g/mol. The lowest BCUT2D eigenvalue weighted by Gasteiger charge is -2.10. The van der Waals surface area contributed by atoms with E-state index in [1.807, 2.05) is 60.7 Å². The van der Waals surface area contributed by atoms with Crippen molar-refractivity contribution in [3.05, 3.63) is 82.9 Å². The lowest BCUT2D eigenvalue weighted by Crippen LogP contribution is -2.12. The molecule has 0 N–H and O–H groups in total.